The van der Waals surface area contributed by atoms with E-state index in [2.05, 4.69) is 33.1 Å². The Morgan fingerprint density at radius 2 is 1.93 bits per heavy atom. The van der Waals surface area contributed by atoms with Crippen LogP contribution in [0.2, 0.25) is 5.02 Å². The van der Waals surface area contributed by atoms with Crippen molar-refractivity contribution < 1.29 is 4.74 Å². The van der Waals surface area contributed by atoms with Gasteiger partial charge in [-0.2, -0.15) is 0 Å². The van der Waals surface area contributed by atoms with E-state index in [4.69, 9.17) is 27.1 Å². The molecule has 0 aliphatic carbocycles. The molecule has 2 fully saturated rings. The monoisotopic (exact) mass is 444 g/mol. The van der Waals surface area contributed by atoms with Gasteiger partial charge in [0.05, 0.1) is 22.1 Å². The van der Waals surface area contributed by atoms with Crippen LogP contribution >= 0.6 is 23.4 Å². The molecule has 0 aromatic carbocycles. The van der Waals surface area contributed by atoms with Crippen molar-refractivity contribution in [3.63, 3.8) is 0 Å². The van der Waals surface area contributed by atoms with Crippen molar-refractivity contribution in [3.8, 4) is 0 Å². The van der Waals surface area contributed by atoms with Crippen molar-refractivity contribution >= 4 is 40.8 Å². The summed E-state index contributed by atoms with van der Waals surface area (Å²) < 4.78 is 8.32. The number of ether oxygens (including phenoxy) is 1. The summed E-state index contributed by atoms with van der Waals surface area (Å²) in [5, 5.41) is 0.456. The number of pyridine rings is 1. The number of rotatable bonds is 3. The van der Waals surface area contributed by atoms with Gasteiger partial charge in [-0.15, -0.1) is 0 Å². The largest absolute Gasteiger partial charge is 0.382 e. The molecule has 0 unspecified atom stereocenters. The van der Waals surface area contributed by atoms with Crippen LogP contribution in [0.4, 0.5) is 11.8 Å². The standard InChI is InChI=1S/C21H25ClN6OS/c1-20(2)12-21(29-13-20)4-8-27(9-5-21)19-26-11-15(18-25-7-10-28(18)19)30-14-3-6-24-17(23)16(14)22/h3,6-7,10-11H,4-5,8-9,12-13H2,1-2H3,(H2,23,24). The Bertz CT molecular complexity index is 1090. The zero-order valence-electron chi connectivity index (χ0n) is 17.1. The Kier molecular flexibility index (Phi) is 4.83. The zero-order valence-corrected chi connectivity index (χ0v) is 18.7. The number of halogens is 1. The summed E-state index contributed by atoms with van der Waals surface area (Å²) in [5.74, 6) is 1.24. The molecule has 0 radical (unpaired) electrons. The first-order valence-corrected chi connectivity index (χ1v) is 11.3. The predicted octanol–water partition coefficient (Wildman–Crippen LogP) is 4.30. The number of nitrogens with two attached hydrogens (primary N) is 1. The second-order valence-corrected chi connectivity index (χ2v) is 10.4. The third kappa shape index (κ3) is 3.50. The summed E-state index contributed by atoms with van der Waals surface area (Å²) in [5.41, 5.74) is 7.00. The molecule has 158 valence electrons. The summed E-state index contributed by atoms with van der Waals surface area (Å²) in [6, 6.07) is 1.85. The summed E-state index contributed by atoms with van der Waals surface area (Å²) in [6.45, 7) is 7.30. The SMILES string of the molecule is CC1(C)COC2(CCN(c3ncc(Sc4ccnc(N)c4Cl)c4nccn34)CC2)C1. The Morgan fingerprint density at radius 3 is 2.67 bits per heavy atom. The highest BCUT2D eigenvalue weighted by Gasteiger charge is 2.46. The van der Waals surface area contributed by atoms with Crippen LogP contribution in [0.25, 0.3) is 5.65 Å². The molecule has 3 aromatic rings. The molecule has 2 N–H and O–H groups in total. The molecule has 0 bridgehead atoms. The van der Waals surface area contributed by atoms with Crippen LogP contribution in [-0.2, 0) is 4.74 Å². The number of hydrogen-bond donors (Lipinski definition) is 1. The Hall–Kier alpha value is -2.03. The number of hydrogen-bond acceptors (Lipinski definition) is 7. The predicted molar refractivity (Wildman–Crippen MR) is 119 cm³/mol. The van der Waals surface area contributed by atoms with Crippen LogP contribution in [0.3, 0.4) is 0 Å². The smallest absolute Gasteiger partial charge is 0.211 e. The van der Waals surface area contributed by atoms with Gasteiger partial charge in [-0.25, -0.2) is 15.0 Å². The van der Waals surface area contributed by atoms with Gasteiger partial charge in [0.2, 0.25) is 5.95 Å². The molecule has 9 heteroatoms. The van der Waals surface area contributed by atoms with Crippen molar-refractivity contribution in [1.82, 2.24) is 19.4 Å². The fourth-order valence-corrected chi connectivity index (χ4v) is 5.72. The zero-order chi connectivity index (χ0) is 20.9. The third-order valence-corrected chi connectivity index (χ3v) is 7.58. The highest BCUT2D eigenvalue weighted by atomic mass is 35.5. The van der Waals surface area contributed by atoms with Crippen LogP contribution in [-0.4, -0.2) is 44.7 Å². The quantitative estimate of drug-likeness (QED) is 0.644. The molecule has 0 atom stereocenters. The van der Waals surface area contributed by atoms with Gasteiger partial charge in [0.15, 0.2) is 5.65 Å². The lowest BCUT2D eigenvalue weighted by Gasteiger charge is -2.39. The van der Waals surface area contributed by atoms with Crippen molar-refractivity contribution in [2.45, 2.75) is 48.5 Å². The van der Waals surface area contributed by atoms with Gasteiger partial charge in [0.1, 0.15) is 5.82 Å². The van der Waals surface area contributed by atoms with E-state index in [-0.39, 0.29) is 11.0 Å². The molecule has 5 heterocycles. The van der Waals surface area contributed by atoms with Crippen molar-refractivity contribution in [2.75, 3.05) is 30.3 Å². The first kappa shape index (κ1) is 19.9. The first-order chi connectivity index (χ1) is 14.4. The summed E-state index contributed by atoms with van der Waals surface area (Å²) in [7, 11) is 0. The number of anilines is 2. The fourth-order valence-electron chi connectivity index (χ4n) is 4.59. The summed E-state index contributed by atoms with van der Waals surface area (Å²) >= 11 is 7.82. The van der Waals surface area contributed by atoms with E-state index in [0.717, 1.165) is 60.3 Å². The van der Waals surface area contributed by atoms with Crippen LogP contribution < -0.4 is 10.6 Å². The van der Waals surface area contributed by atoms with Crippen LogP contribution in [0.15, 0.2) is 40.6 Å². The van der Waals surface area contributed by atoms with Crippen LogP contribution in [0.5, 0.6) is 0 Å². The van der Waals surface area contributed by atoms with E-state index in [1.54, 1.807) is 12.4 Å². The minimum absolute atomic E-state index is 0.0296. The van der Waals surface area contributed by atoms with Gasteiger partial charge in [-0.3, -0.25) is 4.40 Å². The van der Waals surface area contributed by atoms with Gasteiger partial charge in [-0.1, -0.05) is 37.2 Å². The molecular formula is C21H25ClN6OS. The molecular weight excluding hydrogens is 420 g/mol. The maximum atomic E-state index is 6.32. The molecule has 2 aliphatic rings. The number of imidazole rings is 1. The summed E-state index contributed by atoms with van der Waals surface area (Å²) in [4.78, 5) is 17.5. The van der Waals surface area contributed by atoms with E-state index in [9.17, 15) is 0 Å². The lowest BCUT2D eigenvalue weighted by atomic mass is 9.79. The van der Waals surface area contributed by atoms with Gasteiger partial charge >= 0.3 is 0 Å². The van der Waals surface area contributed by atoms with Gasteiger partial charge in [0, 0.05) is 42.8 Å². The highest BCUT2D eigenvalue weighted by molar-refractivity contribution is 7.99. The van der Waals surface area contributed by atoms with Gasteiger partial charge < -0.3 is 15.4 Å². The minimum Gasteiger partial charge on any atom is -0.382 e. The molecule has 0 saturated carbocycles. The van der Waals surface area contributed by atoms with Crippen molar-refractivity contribution in [3.05, 3.63) is 35.9 Å². The lowest BCUT2D eigenvalue weighted by Crippen LogP contribution is -2.45. The average Bonchev–Trinajstić information content (AvgIpc) is 3.32. The first-order valence-electron chi connectivity index (χ1n) is 10.1. The van der Waals surface area contributed by atoms with Gasteiger partial charge in [-0.05, 0) is 30.7 Å². The number of aromatic nitrogens is 4. The van der Waals surface area contributed by atoms with E-state index in [1.165, 1.54) is 11.8 Å². The Morgan fingerprint density at radius 1 is 1.13 bits per heavy atom. The highest BCUT2D eigenvalue weighted by Crippen LogP contribution is 2.45. The van der Waals surface area contributed by atoms with Crippen molar-refractivity contribution in [1.29, 1.82) is 0 Å². The second kappa shape index (κ2) is 7.28. The maximum Gasteiger partial charge on any atom is 0.211 e. The lowest BCUT2D eigenvalue weighted by molar-refractivity contribution is -0.0164. The van der Waals surface area contributed by atoms with E-state index in [1.807, 2.05) is 18.5 Å². The molecule has 5 rings (SSSR count). The number of nitrogen functional groups attached to an aromatic ring is 1. The number of piperidine rings is 1. The molecule has 1 spiro atoms. The average molecular weight is 445 g/mol. The van der Waals surface area contributed by atoms with Crippen LogP contribution in [0, 0.1) is 5.41 Å². The maximum absolute atomic E-state index is 6.32. The molecule has 0 amide bonds. The molecule has 3 aromatic heterocycles. The van der Waals surface area contributed by atoms with E-state index < -0.39 is 0 Å². The molecule has 2 saturated heterocycles. The Labute approximate surface area is 185 Å². The molecule has 7 nitrogen and oxygen atoms in total. The Balaban J connectivity index is 1.39. The van der Waals surface area contributed by atoms with Crippen molar-refractivity contribution in [2.24, 2.45) is 5.41 Å². The fraction of sp³-hybridized carbons (Fsp3) is 0.476. The van der Waals surface area contributed by atoms with E-state index >= 15 is 0 Å². The summed E-state index contributed by atoms with van der Waals surface area (Å²) in [6.07, 6.45) is 10.5. The second-order valence-electron chi connectivity index (χ2n) is 8.95. The third-order valence-electron chi connectivity index (χ3n) is 6.00. The number of nitrogens with zero attached hydrogens (tertiary/aromatic N) is 5. The van der Waals surface area contributed by atoms with E-state index in [0.29, 0.717) is 10.8 Å². The number of fused-ring (bicyclic) bond motifs is 1. The normalized spacial score (nSPS) is 20.3. The topological polar surface area (TPSA) is 81.6 Å². The van der Waals surface area contributed by atoms with Gasteiger partial charge in [0.25, 0.3) is 0 Å². The van der Waals surface area contributed by atoms with Crippen LogP contribution in [0.1, 0.15) is 33.1 Å². The molecule has 30 heavy (non-hydrogen) atoms. The molecule has 2 aliphatic heterocycles. The minimum atomic E-state index is 0.0296.